The highest BCUT2D eigenvalue weighted by molar-refractivity contribution is 7.92. The maximum absolute atomic E-state index is 13.5. The van der Waals surface area contributed by atoms with E-state index < -0.39 is 28.5 Å². The highest BCUT2D eigenvalue weighted by atomic mass is 35.5. The minimum absolute atomic E-state index is 0.264. The third-order valence-corrected chi connectivity index (χ3v) is 7.20. The Kier molecular flexibility index (Phi) is 10.4. The monoisotopic (exact) mass is 507 g/mol. The predicted molar refractivity (Wildman–Crippen MR) is 138 cm³/mol. The van der Waals surface area contributed by atoms with Crippen LogP contribution in [0.5, 0.6) is 0 Å². The van der Waals surface area contributed by atoms with Crippen molar-refractivity contribution in [3.8, 4) is 0 Å². The normalized spacial score (nSPS) is 12.1. The van der Waals surface area contributed by atoms with Crippen molar-refractivity contribution in [2.24, 2.45) is 0 Å². The van der Waals surface area contributed by atoms with Gasteiger partial charge in [-0.05, 0) is 49.9 Å². The Balaban J connectivity index is 2.31. The molecule has 0 fully saturated rings. The van der Waals surface area contributed by atoms with E-state index in [1.165, 1.54) is 4.90 Å². The number of rotatable bonds is 12. The second kappa shape index (κ2) is 12.8. The summed E-state index contributed by atoms with van der Waals surface area (Å²) in [6.07, 6.45) is 3.37. The molecule has 0 saturated carbocycles. The number of halogens is 1. The van der Waals surface area contributed by atoms with Gasteiger partial charge in [0, 0.05) is 18.1 Å². The summed E-state index contributed by atoms with van der Waals surface area (Å²) in [5, 5.41) is 3.27. The molecule has 2 aromatic carbocycles. The number of nitrogens with one attached hydrogen (secondary N) is 1. The molecule has 1 atom stereocenters. The number of amides is 2. The molecule has 0 aliphatic carbocycles. The summed E-state index contributed by atoms with van der Waals surface area (Å²) in [6, 6.07) is 13.8. The maximum atomic E-state index is 13.5. The molecule has 0 spiro atoms. The van der Waals surface area contributed by atoms with Crippen LogP contribution < -0.4 is 9.62 Å². The van der Waals surface area contributed by atoms with Crippen LogP contribution in [0.3, 0.4) is 0 Å². The molecule has 0 saturated heterocycles. The summed E-state index contributed by atoms with van der Waals surface area (Å²) in [4.78, 5) is 27.7. The standard InChI is InChI=1S/C25H34ClN3O4S/c1-5-6-16-27-25(31)20(3)28(17-15-21-11-8-7-9-12-21)24(30)18-29(34(4,32)33)23-14-10-13-22(26)19(23)2/h7-14,20H,5-6,15-18H2,1-4H3,(H,27,31)/t20-/m0/s1. The smallest absolute Gasteiger partial charge is 0.244 e. The summed E-state index contributed by atoms with van der Waals surface area (Å²) in [5.41, 5.74) is 1.92. The second-order valence-corrected chi connectivity index (χ2v) is 10.6. The molecule has 2 amide bonds. The van der Waals surface area contributed by atoms with Gasteiger partial charge < -0.3 is 10.2 Å². The molecule has 0 heterocycles. The van der Waals surface area contributed by atoms with E-state index in [0.29, 0.717) is 29.2 Å². The van der Waals surface area contributed by atoms with E-state index in [4.69, 9.17) is 11.6 Å². The Morgan fingerprint density at radius 1 is 1.09 bits per heavy atom. The lowest BCUT2D eigenvalue weighted by Gasteiger charge is -2.32. The predicted octanol–water partition coefficient (Wildman–Crippen LogP) is 3.79. The van der Waals surface area contributed by atoms with Gasteiger partial charge in [0.25, 0.3) is 0 Å². The fraction of sp³-hybridized carbons (Fsp3) is 0.440. The molecule has 2 aromatic rings. The summed E-state index contributed by atoms with van der Waals surface area (Å²) in [7, 11) is -3.79. The van der Waals surface area contributed by atoms with Crippen molar-refractivity contribution in [3.63, 3.8) is 0 Å². The lowest BCUT2D eigenvalue weighted by Crippen LogP contribution is -2.52. The van der Waals surface area contributed by atoms with Gasteiger partial charge in [-0.1, -0.05) is 61.3 Å². The minimum Gasteiger partial charge on any atom is -0.354 e. The van der Waals surface area contributed by atoms with E-state index >= 15 is 0 Å². The number of hydrogen-bond donors (Lipinski definition) is 1. The van der Waals surface area contributed by atoms with E-state index in [1.807, 2.05) is 37.3 Å². The van der Waals surface area contributed by atoms with E-state index in [-0.39, 0.29) is 12.5 Å². The molecule has 0 unspecified atom stereocenters. The zero-order valence-electron chi connectivity index (χ0n) is 20.3. The van der Waals surface area contributed by atoms with Crippen LogP contribution in [0.15, 0.2) is 48.5 Å². The molecular weight excluding hydrogens is 474 g/mol. The molecule has 186 valence electrons. The van der Waals surface area contributed by atoms with Gasteiger partial charge >= 0.3 is 0 Å². The Hall–Kier alpha value is -2.58. The van der Waals surface area contributed by atoms with E-state index in [2.05, 4.69) is 5.32 Å². The molecule has 9 heteroatoms. The van der Waals surface area contributed by atoms with E-state index in [0.717, 1.165) is 29.0 Å². The topological polar surface area (TPSA) is 86.8 Å². The highest BCUT2D eigenvalue weighted by Gasteiger charge is 2.30. The second-order valence-electron chi connectivity index (χ2n) is 8.30. The lowest BCUT2D eigenvalue weighted by atomic mass is 10.1. The molecular formula is C25H34ClN3O4S. The first-order valence-electron chi connectivity index (χ1n) is 11.4. The largest absolute Gasteiger partial charge is 0.354 e. The van der Waals surface area contributed by atoms with Crippen molar-refractivity contribution in [2.45, 2.75) is 46.1 Å². The van der Waals surface area contributed by atoms with Crippen LogP contribution in [-0.4, -0.2) is 57.1 Å². The Labute approximate surface area is 208 Å². The molecule has 0 radical (unpaired) electrons. The van der Waals surface area contributed by atoms with Crippen LogP contribution in [0.4, 0.5) is 5.69 Å². The van der Waals surface area contributed by atoms with Crippen LogP contribution in [0.25, 0.3) is 0 Å². The Morgan fingerprint density at radius 2 is 1.76 bits per heavy atom. The first-order valence-corrected chi connectivity index (χ1v) is 13.6. The molecule has 1 N–H and O–H groups in total. The van der Waals surface area contributed by atoms with Gasteiger partial charge in [0.05, 0.1) is 11.9 Å². The SMILES string of the molecule is CCCCNC(=O)[C@H](C)N(CCc1ccccc1)C(=O)CN(c1cccc(Cl)c1C)S(C)(=O)=O. The fourth-order valence-corrected chi connectivity index (χ4v) is 4.64. The number of carbonyl (C=O) groups excluding carboxylic acids is 2. The number of nitrogens with zero attached hydrogens (tertiary/aromatic N) is 2. The Morgan fingerprint density at radius 3 is 2.38 bits per heavy atom. The van der Waals surface area contributed by atoms with Crippen molar-refractivity contribution in [2.75, 3.05) is 30.2 Å². The minimum atomic E-state index is -3.79. The van der Waals surface area contributed by atoms with Crippen molar-refractivity contribution in [3.05, 3.63) is 64.7 Å². The van der Waals surface area contributed by atoms with Gasteiger partial charge in [-0.3, -0.25) is 13.9 Å². The quantitative estimate of drug-likeness (QED) is 0.443. The maximum Gasteiger partial charge on any atom is 0.244 e. The van der Waals surface area contributed by atoms with Crippen molar-refractivity contribution >= 4 is 39.1 Å². The van der Waals surface area contributed by atoms with Gasteiger partial charge in [-0.15, -0.1) is 0 Å². The van der Waals surface area contributed by atoms with Crippen LogP contribution in [-0.2, 0) is 26.0 Å². The molecule has 0 aliphatic rings. The summed E-state index contributed by atoms with van der Waals surface area (Å²) >= 11 is 6.21. The van der Waals surface area contributed by atoms with Gasteiger partial charge in [0.2, 0.25) is 21.8 Å². The molecule has 0 aliphatic heterocycles. The number of anilines is 1. The van der Waals surface area contributed by atoms with E-state index in [1.54, 1.807) is 32.0 Å². The van der Waals surface area contributed by atoms with Crippen molar-refractivity contribution < 1.29 is 18.0 Å². The number of carbonyl (C=O) groups is 2. The first-order chi connectivity index (χ1) is 16.1. The third-order valence-electron chi connectivity index (χ3n) is 5.67. The van der Waals surface area contributed by atoms with Crippen molar-refractivity contribution in [1.82, 2.24) is 10.2 Å². The fourth-order valence-electron chi connectivity index (χ4n) is 3.57. The summed E-state index contributed by atoms with van der Waals surface area (Å²) in [6.45, 7) is 5.77. The molecule has 34 heavy (non-hydrogen) atoms. The molecule has 7 nitrogen and oxygen atoms in total. The van der Waals surface area contributed by atoms with Crippen LogP contribution in [0.1, 0.15) is 37.8 Å². The molecule has 0 aromatic heterocycles. The number of sulfonamides is 1. The first kappa shape index (κ1) is 27.7. The van der Waals surface area contributed by atoms with E-state index in [9.17, 15) is 18.0 Å². The van der Waals surface area contributed by atoms with Crippen molar-refractivity contribution in [1.29, 1.82) is 0 Å². The zero-order chi connectivity index (χ0) is 25.3. The summed E-state index contributed by atoms with van der Waals surface area (Å²) < 4.78 is 26.3. The number of unbranched alkanes of at least 4 members (excludes halogenated alkanes) is 1. The highest BCUT2D eigenvalue weighted by Crippen LogP contribution is 2.28. The molecule has 0 bridgehead atoms. The zero-order valence-corrected chi connectivity index (χ0v) is 21.8. The van der Waals surface area contributed by atoms with Gasteiger partial charge in [0.1, 0.15) is 12.6 Å². The summed E-state index contributed by atoms with van der Waals surface area (Å²) in [5.74, 6) is -0.724. The Bertz CT molecular complexity index is 1080. The third kappa shape index (κ3) is 7.74. The number of hydrogen-bond acceptors (Lipinski definition) is 4. The van der Waals surface area contributed by atoms with Crippen LogP contribution in [0, 0.1) is 6.92 Å². The van der Waals surface area contributed by atoms with Gasteiger partial charge in [0.15, 0.2) is 0 Å². The van der Waals surface area contributed by atoms with Crippen LogP contribution in [0.2, 0.25) is 5.02 Å². The molecule has 2 rings (SSSR count). The average molecular weight is 508 g/mol. The average Bonchev–Trinajstić information content (AvgIpc) is 2.79. The number of benzene rings is 2. The van der Waals surface area contributed by atoms with Gasteiger partial charge in [-0.2, -0.15) is 0 Å². The lowest BCUT2D eigenvalue weighted by molar-refractivity contribution is -0.138. The van der Waals surface area contributed by atoms with Gasteiger partial charge in [-0.25, -0.2) is 8.42 Å². The van der Waals surface area contributed by atoms with Crippen LogP contribution >= 0.6 is 11.6 Å².